The Morgan fingerprint density at radius 2 is 1.33 bits per heavy atom. The normalized spacial score (nSPS) is 14.8. The van der Waals surface area contributed by atoms with Crippen LogP contribution in [0.4, 0.5) is 37.7 Å². The van der Waals surface area contributed by atoms with Gasteiger partial charge in [-0.1, -0.05) is 13.8 Å². The molecule has 1 aliphatic rings. The van der Waals surface area contributed by atoms with Gasteiger partial charge in [-0.25, -0.2) is 0 Å². The fraction of sp³-hybridized carbons (Fsp3) is 0.440. The van der Waals surface area contributed by atoms with Crippen LogP contribution >= 0.6 is 0 Å². The van der Waals surface area contributed by atoms with Gasteiger partial charge < -0.3 is 15.1 Å². The molecule has 0 unspecified atom stereocenters. The molecular weight excluding hydrogens is 488 g/mol. The molecule has 0 aliphatic carbocycles. The zero-order valence-electron chi connectivity index (χ0n) is 19.8. The molecule has 1 fully saturated rings. The molecule has 0 atom stereocenters. The highest BCUT2D eigenvalue weighted by Gasteiger charge is 2.37. The minimum Gasteiger partial charge on any atom is -0.368 e. The number of halogens is 6. The van der Waals surface area contributed by atoms with E-state index in [-0.39, 0.29) is 23.6 Å². The summed E-state index contributed by atoms with van der Waals surface area (Å²) in [5.74, 6) is -0.919. The van der Waals surface area contributed by atoms with E-state index < -0.39 is 35.0 Å². The monoisotopic (exact) mass is 515 g/mol. The van der Waals surface area contributed by atoms with E-state index in [0.29, 0.717) is 38.3 Å². The predicted molar refractivity (Wildman–Crippen MR) is 124 cm³/mol. The largest absolute Gasteiger partial charge is 0.416 e. The van der Waals surface area contributed by atoms with E-state index in [4.69, 9.17) is 0 Å². The van der Waals surface area contributed by atoms with Gasteiger partial charge in [0.1, 0.15) is 0 Å². The zero-order chi connectivity index (χ0) is 26.7. The summed E-state index contributed by atoms with van der Waals surface area (Å²) in [6, 6.07) is 7.19. The van der Waals surface area contributed by atoms with Gasteiger partial charge in [0, 0.05) is 49.0 Å². The number of carbonyl (C=O) groups excluding carboxylic acids is 2. The molecule has 5 nitrogen and oxygen atoms in total. The van der Waals surface area contributed by atoms with Crippen molar-refractivity contribution in [3.05, 3.63) is 59.2 Å². The van der Waals surface area contributed by atoms with Gasteiger partial charge in [-0.15, -0.1) is 0 Å². The lowest BCUT2D eigenvalue weighted by Crippen LogP contribution is -2.50. The van der Waals surface area contributed by atoms with E-state index in [1.54, 1.807) is 12.1 Å². The SMILES string of the molecule is CCC(CC)C(=O)N1CCN(c2ccc(NC(=O)c3cc(C(F)(F)F)cc(C(F)(F)F)c3)cc2)CC1. The van der Waals surface area contributed by atoms with Crippen LogP contribution in [0.1, 0.15) is 48.2 Å². The van der Waals surface area contributed by atoms with Gasteiger partial charge in [0.15, 0.2) is 0 Å². The molecular formula is C25H27F6N3O2. The molecule has 1 aliphatic heterocycles. The number of nitrogens with zero attached hydrogens (tertiary/aromatic N) is 2. The molecule has 36 heavy (non-hydrogen) atoms. The Balaban J connectivity index is 1.67. The number of piperazine rings is 1. The van der Waals surface area contributed by atoms with Gasteiger partial charge in [0.25, 0.3) is 5.91 Å². The number of benzene rings is 2. The van der Waals surface area contributed by atoms with Crippen LogP contribution in [0.15, 0.2) is 42.5 Å². The molecule has 0 bridgehead atoms. The number of carbonyl (C=O) groups is 2. The molecule has 1 saturated heterocycles. The maximum Gasteiger partial charge on any atom is 0.416 e. The lowest BCUT2D eigenvalue weighted by molar-refractivity contribution is -0.143. The molecule has 2 aromatic carbocycles. The van der Waals surface area contributed by atoms with Gasteiger partial charge in [0.2, 0.25) is 5.91 Å². The number of hydrogen-bond acceptors (Lipinski definition) is 3. The Bertz CT molecular complexity index is 1040. The summed E-state index contributed by atoms with van der Waals surface area (Å²) in [5, 5.41) is 2.35. The summed E-state index contributed by atoms with van der Waals surface area (Å²) in [5.41, 5.74) is -2.82. The number of rotatable bonds is 6. The van der Waals surface area contributed by atoms with Crippen LogP contribution in [0.2, 0.25) is 0 Å². The van der Waals surface area contributed by atoms with Crippen molar-refractivity contribution >= 4 is 23.2 Å². The van der Waals surface area contributed by atoms with E-state index in [2.05, 4.69) is 10.2 Å². The molecule has 1 heterocycles. The molecule has 2 aromatic rings. The van der Waals surface area contributed by atoms with Crippen LogP contribution < -0.4 is 10.2 Å². The first kappa shape index (κ1) is 27.3. The smallest absolute Gasteiger partial charge is 0.368 e. The van der Waals surface area contributed by atoms with Crippen LogP contribution in [0.5, 0.6) is 0 Å². The number of alkyl halides is 6. The van der Waals surface area contributed by atoms with Crippen LogP contribution in [0, 0.1) is 5.92 Å². The summed E-state index contributed by atoms with van der Waals surface area (Å²) in [4.78, 5) is 28.9. The van der Waals surface area contributed by atoms with Crippen molar-refractivity contribution in [1.29, 1.82) is 0 Å². The summed E-state index contributed by atoms with van der Waals surface area (Å²) in [6.45, 7) is 6.36. The minimum absolute atomic E-state index is 0.0171. The van der Waals surface area contributed by atoms with Gasteiger partial charge in [0.05, 0.1) is 11.1 Å². The predicted octanol–water partition coefficient (Wildman–Crippen LogP) is 6.06. The van der Waals surface area contributed by atoms with Crippen LogP contribution in [-0.4, -0.2) is 42.9 Å². The van der Waals surface area contributed by atoms with Gasteiger partial charge in [-0.2, -0.15) is 26.3 Å². The van der Waals surface area contributed by atoms with Crippen molar-refractivity contribution in [1.82, 2.24) is 4.90 Å². The van der Waals surface area contributed by atoms with Crippen molar-refractivity contribution < 1.29 is 35.9 Å². The summed E-state index contributed by atoms with van der Waals surface area (Å²) in [7, 11) is 0. The molecule has 196 valence electrons. The lowest BCUT2D eigenvalue weighted by atomic mass is 10.0. The lowest BCUT2D eigenvalue weighted by Gasteiger charge is -2.37. The van der Waals surface area contributed by atoms with Crippen LogP contribution in [0.25, 0.3) is 0 Å². The quantitative estimate of drug-likeness (QED) is 0.476. The van der Waals surface area contributed by atoms with E-state index >= 15 is 0 Å². The standard InChI is InChI=1S/C25H27F6N3O2/c1-3-16(4-2)23(36)34-11-9-33(10-12-34)21-7-5-20(6-8-21)32-22(35)17-13-18(24(26,27)28)15-19(14-17)25(29,30)31/h5-8,13-16H,3-4,9-12H2,1-2H3,(H,32,35). The highest BCUT2D eigenvalue weighted by molar-refractivity contribution is 6.04. The third-order valence-corrected chi connectivity index (χ3v) is 6.27. The fourth-order valence-electron chi connectivity index (χ4n) is 4.13. The van der Waals surface area contributed by atoms with E-state index in [9.17, 15) is 35.9 Å². The van der Waals surface area contributed by atoms with Gasteiger partial charge >= 0.3 is 12.4 Å². The van der Waals surface area contributed by atoms with E-state index in [0.717, 1.165) is 18.5 Å². The topological polar surface area (TPSA) is 52.7 Å². The van der Waals surface area contributed by atoms with Crippen molar-refractivity contribution in [3.8, 4) is 0 Å². The number of nitrogens with one attached hydrogen (secondary N) is 1. The second-order valence-electron chi connectivity index (χ2n) is 8.62. The highest BCUT2D eigenvalue weighted by Crippen LogP contribution is 2.36. The fourth-order valence-corrected chi connectivity index (χ4v) is 4.13. The first-order chi connectivity index (χ1) is 16.8. The number of amides is 2. The second-order valence-corrected chi connectivity index (χ2v) is 8.62. The second kappa shape index (κ2) is 10.8. The average Bonchev–Trinajstić information content (AvgIpc) is 2.84. The van der Waals surface area contributed by atoms with Crippen molar-refractivity contribution in [2.75, 3.05) is 36.4 Å². The first-order valence-corrected chi connectivity index (χ1v) is 11.6. The molecule has 1 N–H and O–H groups in total. The van der Waals surface area contributed by atoms with E-state index in [1.807, 2.05) is 18.7 Å². The molecule has 0 saturated carbocycles. The zero-order valence-corrected chi connectivity index (χ0v) is 19.8. The molecule has 0 spiro atoms. The Morgan fingerprint density at radius 1 is 0.833 bits per heavy atom. The van der Waals surface area contributed by atoms with Crippen molar-refractivity contribution in [2.45, 2.75) is 39.0 Å². The van der Waals surface area contributed by atoms with Crippen LogP contribution in [0.3, 0.4) is 0 Å². The molecule has 2 amide bonds. The third-order valence-electron chi connectivity index (χ3n) is 6.27. The Kier molecular flexibility index (Phi) is 8.20. The first-order valence-electron chi connectivity index (χ1n) is 11.6. The Morgan fingerprint density at radius 3 is 1.78 bits per heavy atom. The maximum absolute atomic E-state index is 13.1. The maximum atomic E-state index is 13.1. The Labute approximate surface area is 205 Å². The van der Waals surface area contributed by atoms with E-state index in [1.165, 1.54) is 12.1 Å². The molecule has 11 heteroatoms. The average molecular weight is 515 g/mol. The molecule has 0 aromatic heterocycles. The number of hydrogen-bond donors (Lipinski definition) is 1. The van der Waals surface area contributed by atoms with Crippen molar-refractivity contribution in [3.63, 3.8) is 0 Å². The van der Waals surface area contributed by atoms with Gasteiger partial charge in [-0.3, -0.25) is 9.59 Å². The Hall–Kier alpha value is -3.24. The van der Waals surface area contributed by atoms with Crippen molar-refractivity contribution in [2.24, 2.45) is 5.92 Å². The number of anilines is 2. The summed E-state index contributed by atoms with van der Waals surface area (Å²) < 4.78 is 78.4. The molecule has 3 rings (SSSR count). The molecule has 0 radical (unpaired) electrons. The summed E-state index contributed by atoms with van der Waals surface area (Å²) in [6.07, 6.45) is -8.50. The summed E-state index contributed by atoms with van der Waals surface area (Å²) >= 11 is 0. The minimum atomic E-state index is -5.04. The van der Waals surface area contributed by atoms with Crippen LogP contribution in [-0.2, 0) is 17.1 Å². The highest BCUT2D eigenvalue weighted by atomic mass is 19.4. The third kappa shape index (κ3) is 6.50. The van der Waals surface area contributed by atoms with Gasteiger partial charge in [-0.05, 0) is 55.3 Å².